The van der Waals surface area contributed by atoms with Crippen LogP contribution < -0.4 is 5.32 Å². The summed E-state index contributed by atoms with van der Waals surface area (Å²) in [6, 6.07) is 0.668. The number of nitrogens with one attached hydrogen (secondary N) is 1. The highest BCUT2D eigenvalue weighted by Gasteiger charge is 2.36. The van der Waals surface area contributed by atoms with Crippen molar-refractivity contribution in [2.75, 3.05) is 26.8 Å². The topological polar surface area (TPSA) is 61.8 Å². The molecular formula is C15H30N2O3. The third kappa shape index (κ3) is 4.72. The molecule has 0 aromatic heterocycles. The third-order valence-electron chi connectivity index (χ3n) is 4.22. The fourth-order valence-electron chi connectivity index (χ4n) is 2.91. The van der Waals surface area contributed by atoms with Gasteiger partial charge in [0.1, 0.15) is 5.54 Å². The van der Waals surface area contributed by atoms with Gasteiger partial charge in [-0.1, -0.05) is 6.92 Å². The highest BCUT2D eigenvalue weighted by Crippen LogP contribution is 2.20. The van der Waals surface area contributed by atoms with Crippen molar-refractivity contribution in [2.45, 2.75) is 64.1 Å². The molecule has 0 bridgehead atoms. The summed E-state index contributed by atoms with van der Waals surface area (Å²) in [4.78, 5) is 13.9. The number of hydrogen-bond donors (Lipinski definition) is 2. The lowest BCUT2D eigenvalue weighted by Crippen LogP contribution is -2.54. The normalized spacial score (nSPS) is 22.4. The lowest BCUT2D eigenvalue weighted by Gasteiger charge is -2.33. The number of likely N-dealkylation sites (N-methyl/N-ethyl adjacent to an activating group) is 1. The van der Waals surface area contributed by atoms with Crippen molar-refractivity contribution in [3.8, 4) is 0 Å². The van der Waals surface area contributed by atoms with Gasteiger partial charge in [0.15, 0.2) is 0 Å². The molecule has 0 radical (unpaired) electrons. The Kier molecular flexibility index (Phi) is 6.92. The van der Waals surface area contributed by atoms with Gasteiger partial charge in [0.25, 0.3) is 0 Å². The second-order valence-electron chi connectivity index (χ2n) is 6.14. The minimum Gasteiger partial charge on any atom is -0.480 e. The Labute approximate surface area is 122 Å². The van der Waals surface area contributed by atoms with E-state index in [2.05, 4.69) is 17.3 Å². The van der Waals surface area contributed by atoms with E-state index in [0.717, 1.165) is 32.6 Å². The Balaban J connectivity index is 2.47. The van der Waals surface area contributed by atoms with Crippen molar-refractivity contribution in [1.29, 1.82) is 0 Å². The summed E-state index contributed by atoms with van der Waals surface area (Å²) < 4.78 is 5.39. The van der Waals surface area contributed by atoms with E-state index >= 15 is 0 Å². The van der Waals surface area contributed by atoms with E-state index in [4.69, 9.17) is 4.74 Å². The molecule has 20 heavy (non-hydrogen) atoms. The molecule has 2 atom stereocenters. The van der Waals surface area contributed by atoms with Crippen molar-refractivity contribution < 1.29 is 14.6 Å². The van der Waals surface area contributed by atoms with Crippen LogP contribution in [0.3, 0.4) is 0 Å². The summed E-state index contributed by atoms with van der Waals surface area (Å²) >= 11 is 0. The molecule has 5 heteroatoms. The quantitative estimate of drug-likeness (QED) is 0.676. The predicted molar refractivity (Wildman–Crippen MR) is 80.0 cm³/mol. The van der Waals surface area contributed by atoms with E-state index in [9.17, 15) is 9.90 Å². The van der Waals surface area contributed by atoms with Crippen LogP contribution in [0.2, 0.25) is 0 Å². The molecule has 0 amide bonds. The number of carbonyl (C=O) groups is 1. The zero-order valence-electron chi connectivity index (χ0n) is 13.3. The van der Waals surface area contributed by atoms with E-state index in [1.54, 1.807) is 0 Å². The molecule has 5 nitrogen and oxygen atoms in total. The summed E-state index contributed by atoms with van der Waals surface area (Å²) in [7, 11) is 2.10. The predicted octanol–water partition coefficient (Wildman–Crippen LogP) is 1.72. The molecule has 2 unspecified atom stereocenters. The Morgan fingerprint density at radius 2 is 2.25 bits per heavy atom. The van der Waals surface area contributed by atoms with Gasteiger partial charge in [0, 0.05) is 18.7 Å². The Hall–Kier alpha value is -0.650. The molecular weight excluding hydrogens is 256 g/mol. The standard InChI is InChI=1S/C15H30N2O3/c1-5-15(14(18)19,16-12(2)3)8-6-9-17(4)13-7-10-20-11-13/h12-13,16H,5-11H2,1-4H3,(H,18,19). The van der Waals surface area contributed by atoms with Crippen molar-refractivity contribution in [2.24, 2.45) is 0 Å². The van der Waals surface area contributed by atoms with Gasteiger partial charge in [-0.25, -0.2) is 0 Å². The third-order valence-corrected chi connectivity index (χ3v) is 4.22. The number of hydrogen-bond acceptors (Lipinski definition) is 4. The second kappa shape index (κ2) is 7.96. The number of carboxylic acid groups (broad SMARTS) is 1. The lowest BCUT2D eigenvalue weighted by atomic mass is 9.89. The molecule has 0 aromatic carbocycles. The van der Waals surface area contributed by atoms with Gasteiger partial charge < -0.3 is 14.7 Å². The Bertz CT molecular complexity index is 303. The van der Waals surface area contributed by atoms with Crippen molar-refractivity contribution in [1.82, 2.24) is 10.2 Å². The maximum atomic E-state index is 11.6. The van der Waals surface area contributed by atoms with Crippen LogP contribution in [0.15, 0.2) is 0 Å². The SMILES string of the molecule is CCC(CCCN(C)C1CCOC1)(NC(C)C)C(=O)O. The fourth-order valence-corrected chi connectivity index (χ4v) is 2.91. The first kappa shape index (κ1) is 17.4. The average molecular weight is 286 g/mol. The zero-order chi connectivity index (χ0) is 15.2. The minimum absolute atomic E-state index is 0.173. The van der Waals surface area contributed by atoms with E-state index in [1.807, 2.05) is 20.8 Å². The lowest BCUT2D eigenvalue weighted by molar-refractivity contribution is -0.145. The minimum atomic E-state index is -0.790. The van der Waals surface area contributed by atoms with Gasteiger partial charge in [-0.05, 0) is 53.1 Å². The van der Waals surface area contributed by atoms with Crippen LogP contribution in [0.1, 0.15) is 46.5 Å². The molecule has 0 aromatic rings. The number of ether oxygens (including phenoxy) is 1. The molecule has 2 N–H and O–H groups in total. The van der Waals surface area contributed by atoms with Crippen molar-refractivity contribution in [3.05, 3.63) is 0 Å². The van der Waals surface area contributed by atoms with Crippen LogP contribution in [0, 0.1) is 0 Å². The van der Waals surface area contributed by atoms with E-state index in [1.165, 1.54) is 0 Å². The molecule has 1 rings (SSSR count). The monoisotopic (exact) mass is 286 g/mol. The van der Waals surface area contributed by atoms with Crippen molar-refractivity contribution >= 4 is 5.97 Å². The highest BCUT2D eigenvalue weighted by molar-refractivity contribution is 5.78. The molecule has 1 heterocycles. The largest absolute Gasteiger partial charge is 0.480 e. The van der Waals surface area contributed by atoms with E-state index < -0.39 is 11.5 Å². The van der Waals surface area contributed by atoms with Crippen LogP contribution in [0.4, 0.5) is 0 Å². The van der Waals surface area contributed by atoms with Gasteiger partial charge in [-0.3, -0.25) is 10.1 Å². The van der Waals surface area contributed by atoms with Gasteiger partial charge >= 0.3 is 5.97 Å². The molecule has 0 aliphatic carbocycles. The van der Waals surface area contributed by atoms with Crippen LogP contribution in [0.5, 0.6) is 0 Å². The van der Waals surface area contributed by atoms with E-state index in [-0.39, 0.29) is 6.04 Å². The summed E-state index contributed by atoms with van der Waals surface area (Å²) in [5.74, 6) is -0.736. The molecule has 1 aliphatic rings. The van der Waals surface area contributed by atoms with Crippen LogP contribution in [0.25, 0.3) is 0 Å². The Morgan fingerprint density at radius 3 is 2.70 bits per heavy atom. The summed E-state index contributed by atoms with van der Waals surface area (Å²) in [5.41, 5.74) is -0.790. The first-order valence-corrected chi connectivity index (χ1v) is 7.70. The maximum Gasteiger partial charge on any atom is 0.323 e. The molecule has 1 fully saturated rings. The van der Waals surface area contributed by atoms with Gasteiger partial charge in [0.05, 0.1) is 6.61 Å². The van der Waals surface area contributed by atoms with Gasteiger partial charge in [-0.2, -0.15) is 0 Å². The molecule has 1 aliphatic heterocycles. The molecule has 0 spiro atoms. The second-order valence-corrected chi connectivity index (χ2v) is 6.14. The summed E-state index contributed by atoms with van der Waals surface area (Å²) in [6.45, 7) is 8.50. The van der Waals surface area contributed by atoms with Crippen LogP contribution in [-0.2, 0) is 9.53 Å². The molecule has 1 saturated heterocycles. The van der Waals surface area contributed by atoms with Crippen LogP contribution in [-0.4, -0.2) is 60.4 Å². The summed E-state index contributed by atoms with van der Waals surface area (Å²) in [6.07, 6.45) is 3.23. The van der Waals surface area contributed by atoms with Gasteiger partial charge in [-0.15, -0.1) is 0 Å². The number of rotatable bonds is 9. The van der Waals surface area contributed by atoms with Crippen LogP contribution >= 0.6 is 0 Å². The number of aliphatic carboxylic acids is 1. The number of carboxylic acids is 1. The highest BCUT2D eigenvalue weighted by atomic mass is 16.5. The molecule has 0 saturated carbocycles. The van der Waals surface area contributed by atoms with Crippen molar-refractivity contribution in [3.63, 3.8) is 0 Å². The average Bonchev–Trinajstić information content (AvgIpc) is 2.90. The number of nitrogens with zero attached hydrogens (tertiary/aromatic N) is 1. The Morgan fingerprint density at radius 1 is 1.55 bits per heavy atom. The smallest absolute Gasteiger partial charge is 0.323 e. The van der Waals surface area contributed by atoms with Gasteiger partial charge in [0.2, 0.25) is 0 Å². The zero-order valence-corrected chi connectivity index (χ0v) is 13.3. The molecule has 118 valence electrons. The first-order chi connectivity index (χ1) is 9.41. The maximum absolute atomic E-state index is 11.6. The van der Waals surface area contributed by atoms with E-state index in [0.29, 0.717) is 18.9 Å². The summed E-state index contributed by atoms with van der Waals surface area (Å²) in [5, 5.41) is 12.8. The first-order valence-electron chi connectivity index (χ1n) is 7.70. The fraction of sp³-hybridized carbons (Fsp3) is 0.933.